The molecule has 1 saturated heterocycles. The van der Waals surface area contributed by atoms with Gasteiger partial charge in [0.15, 0.2) is 0 Å². The van der Waals surface area contributed by atoms with E-state index < -0.39 is 55.4 Å². The Kier molecular flexibility index (Phi) is 7.45. The first-order valence-electron chi connectivity index (χ1n) is 7.25. The van der Waals surface area contributed by atoms with E-state index in [0.717, 1.165) is 0 Å². The lowest BCUT2D eigenvalue weighted by Gasteiger charge is -2.40. The average Bonchev–Trinajstić information content (AvgIpc) is 2.50. The van der Waals surface area contributed by atoms with Gasteiger partial charge in [0.25, 0.3) is 0 Å². The summed E-state index contributed by atoms with van der Waals surface area (Å²) < 4.78 is 5.34. The molecule has 0 aliphatic carbocycles. The van der Waals surface area contributed by atoms with E-state index in [9.17, 15) is 25.5 Å². The van der Waals surface area contributed by atoms with E-state index in [1.165, 1.54) is 0 Å². The number of hydrogen-bond donors (Lipinski definition) is 7. The molecule has 1 rings (SSSR count). The Morgan fingerprint density at radius 2 is 1.62 bits per heavy atom. The minimum atomic E-state index is -1.41. The number of hydrogen-bond acceptors (Lipinski definition) is 8. The van der Waals surface area contributed by atoms with E-state index in [4.69, 9.17) is 15.6 Å². The summed E-state index contributed by atoms with van der Waals surface area (Å²) in [6.07, 6.45) is -7.02. The largest absolute Gasteiger partial charge is 0.394 e. The van der Waals surface area contributed by atoms with Gasteiger partial charge >= 0.3 is 0 Å². The second-order valence-corrected chi connectivity index (χ2v) is 5.57. The quantitative estimate of drug-likeness (QED) is 0.263. The molecule has 0 spiro atoms. The highest BCUT2D eigenvalue weighted by Gasteiger charge is 2.43. The molecule has 1 aliphatic rings. The first kappa shape index (κ1) is 18.7. The second-order valence-electron chi connectivity index (χ2n) is 5.57. The summed E-state index contributed by atoms with van der Waals surface area (Å²) >= 11 is 0. The zero-order valence-electron chi connectivity index (χ0n) is 12.1. The van der Waals surface area contributed by atoms with Crippen molar-refractivity contribution in [3.05, 3.63) is 0 Å². The van der Waals surface area contributed by atoms with Gasteiger partial charge in [0.05, 0.1) is 24.9 Å². The highest BCUT2D eigenvalue weighted by molar-refractivity contribution is 4.92. The molecule has 2 unspecified atom stereocenters. The van der Waals surface area contributed by atoms with Gasteiger partial charge in [-0.1, -0.05) is 6.92 Å². The van der Waals surface area contributed by atoms with Gasteiger partial charge in [0, 0.05) is 6.04 Å². The predicted octanol–water partition coefficient (Wildman–Crippen LogP) is -2.93. The number of nitrogens with two attached hydrogens (primary N) is 1. The van der Waals surface area contributed by atoms with Crippen LogP contribution in [0.4, 0.5) is 0 Å². The van der Waals surface area contributed by atoms with Crippen LogP contribution >= 0.6 is 0 Å². The number of aliphatic hydroxyl groups is 6. The number of ether oxygens (including phenoxy) is 1. The van der Waals surface area contributed by atoms with E-state index in [1.54, 1.807) is 6.92 Å². The maximum atomic E-state index is 9.86. The Bertz CT molecular complexity index is 304. The van der Waals surface area contributed by atoms with Crippen molar-refractivity contribution >= 4 is 0 Å². The lowest BCUT2D eigenvalue weighted by molar-refractivity contribution is -0.230. The van der Waals surface area contributed by atoms with Gasteiger partial charge in [-0.3, -0.25) is 0 Å². The summed E-state index contributed by atoms with van der Waals surface area (Å²) in [4.78, 5) is 0. The summed E-state index contributed by atoms with van der Waals surface area (Å²) in [5.41, 5.74) is 5.78. The van der Waals surface area contributed by atoms with Crippen LogP contribution in [0.3, 0.4) is 0 Å². The Balaban J connectivity index is 2.53. The molecule has 8 atom stereocenters. The summed E-state index contributed by atoms with van der Waals surface area (Å²) in [5, 5.41) is 57.5. The normalized spacial score (nSPS) is 38.0. The lowest BCUT2D eigenvalue weighted by atomic mass is 9.90. The topological polar surface area (TPSA) is 157 Å². The molecule has 21 heavy (non-hydrogen) atoms. The Morgan fingerprint density at radius 1 is 1.05 bits per heavy atom. The van der Waals surface area contributed by atoms with Gasteiger partial charge in [0.1, 0.15) is 24.4 Å². The highest BCUT2D eigenvalue weighted by Crippen LogP contribution is 2.24. The van der Waals surface area contributed by atoms with Crippen molar-refractivity contribution in [3.8, 4) is 0 Å². The van der Waals surface area contributed by atoms with Gasteiger partial charge < -0.3 is 41.1 Å². The SMILES string of the molecule is CC[C@@H](O)[C@@H](O)[C@@H](N)CC[C@@H]1OC(CO)[C@H](O)C(O)[C@H]1O. The van der Waals surface area contributed by atoms with Crippen LogP contribution in [0.5, 0.6) is 0 Å². The minimum absolute atomic E-state index is 0.218. The van der Waals surface area contributed by atoms with Crippen LogP contribution in [0.2, 0.25) is 0 Å². The smallest absolute Gasteiger partial charge is 0.111 e. The zero-order chi connectivity index (χ0) is 16.2. The Labute approximate surface area is 123 Å². The Hall–Kier alpha value is -0.320. The minimum Gasteiger partial charge on any atom is -0.394 e. The molecule has 8 heteroatoms. The van der Waals surface area contributed by atoms with Crippen LogP contribution in [0.25, 0.3) is 0 Å². The third-order valence-electron chi connectivity index (χ3n) is 4.03. The molecule has 8 nitrogen and oxygen atoms in total. The second kappa shape index (κ2) is 8.35. The highest BCUT2D eigenvalue weighted by atomic mass is 16.5. The van der Waals surface area contributed by atoms with Gasteiger partial charge in [0.2, 0.25) is 0 Å². The molecule has 1 heterocycles. The van der Waals surface area contributed by atoms with E-state index >= 15 is 0 Å². The molecule has 1 aliphatic heterocycles. The number of aliphatic hydroxyl groups excluding tert-OH is 6. The van der Waals surface area contributed by atoms with Crippen LogP contribution in [0.15, 0.2) is 0 Å². The molecule has 0 amide bonds. The van der Waals surface area contributed by atoms with E-state index in [2.05, 4.69) is 0 Å². The van der Waals surface area contributed by atoms with E-state index in [1.807, 2.05) is 0 Å². The van der Waals surface area contributed by atoms with Crippen LogP contribution < -0.4 is 5.73 Å². The monoisotopic (exact) mass is 309 g/mol. The van der Waals surface area contributed by atoms with Crippen LogP contribution in [0.1, 0.15) is 26.2 Å². The maximum Gasteiger partial charge on any atom is 0.111 e. The fourth-order valence-corrected chi connectivity index (χ4v) is 2.47. The molecule has 0 aromatic carbocycles. The first-order chi connectivity index (χ1) is 9.83. The Morgan fingerprint density at radius 3 is 2.14 bits per heavy atom. The molecule has 1 fully saturated rings. The molecule has 0 aromatic heterocycles. The van der Waals surface area contributed by atoms with Gasteiger partial charge in [-0.15, -0.1) is 0 Å². The predicted molar refractivity (Wildman–Crippen MR) is 73.3 cm³/mol. The molecule has 126 valence electrons. The van der Waals surface area contributed by atoms with Gasteiger partial charge in [-0.05, 0) is 19.3 Å². The van der Waals surface area contributed by atoms with Gasteiger partial charge in [-0.2, -0.15) is 0 Å². The molecule has 0 aromatic rings. The van der Waals surface area contributed by atoms with Crippen LogP contribution in [-0.4, -0.2) is 86.0 Å². The summed E-state index contributed by atoms with van der Waals surface area (Å²) in [7, 11) is 0. The van der Waals surface area contributed by atoms with Crippen molar-refractivity contribution in [2.24, 2.45) is 5.73 Å². The number of rotatable bonds is 7. The summed E-state index contributed by atoms with van der Waals surface area (Å²) in [6, 6.07) is -0.702. The van der Waals surface area contributed by atoms with Crippen molar-refractivity contribution in [3.63, 3.8) is 0 Å². The van der Waals surface area contributed by atoms with Crippen molar-refractivity contribution in [1.82, 2.24) is 0 Å². The third-order valence-corrected chi connectivity index (χ3v) is 4.03. The van der Waals surface area contributed by atoms with E-state index in [0.29, 0.717) is 6.42 Å². The van der Waals surface area contributed by atoms with E-state index in [-0.39, 0.29) is 12.8 Å². The molecular weight excluding hydrogens is 282 g/mol. The first-order valence-corrected chi connectivity index (χ1v) is 7.25. The molecule has 0 saturated carbocycles. The fraction of sp³-hybridized carbons (Fsp3) is 1.00. The lowest BCUT2D eigenvalue weighted by Crippen LogP contribution is -2.58. The third kappa shape index (κ3) is 4.57. The summed E-state index contributed by atoms with van der Waals surface area (Å²) in [5.74, 6) is 0. The molecule has 0 radical (unpaired) electrons. The van der Waals surface area contributed by atoms with Crippen molar-refractivity contribution in [2.75, 3.05) is 6.61 Å². The maximum absolute atomic E-state index is 9.86. The van der Waals surface area contributed by atoms with Crippen molar-refractivity contribution in [2.45, 2.75) is 75.0 Å². The molecule has 0 bridgehead atoms. The van der Waals surface area contributed by atoms with Crippen molar-refractivity contribution < 1.29 is 35.4 Å². The van der Waals surface area contributed by atoms with Crippen molar-refractivity contribution in [1.29, 1.82) is 0 Å². The van der Waals surface area contributed by atoms with Crippen LogP contribution in [-0.2, 0) is 4.74 Å². The fourth-order valence-electron chi connectivity index (χ4n) is 2.47. The standard InChI is InChI=1S/C13H27NO7/c1-2-7(16)10(17)6(14)3-4-8-11(18)13(20)12(19)9(5-15)21-8/h6-13,15-20H,2-5,14H2,1H3/t6-,7+,8-,9?,10-,11-,12-,13?/m0/s1. The van der Waals surface area contributed by atoms with Crippen LogP contribution in [0, 0.1) is 0 Å². The molecule has 8 N–H and O–H groups in total. The average molecular weight is 309 g/mol. The van der Waals surface area contributed by atoms with Gasteiger partial charge in [-0.25, -0.2) is 0 Å². The zero-order valence-corrected chi connectivity index (χ0v) is 12.1. The summed E-state index contributed by atoms with van der Waals surface area (Å²) in [6.45, 7) is 1.24. The molecular formula is C13H27NO7.